The van der Waals surface area contributed by atoms with Crippen molar-refractivity contribution in [2.75, 3.05) is 0 Å². The van der Waals surface area contributed by atoms with Gasteiger partial charge in [-0.25, -0.2) is 5.43 Å². The summed E-state index contributed by atoms with van der Waals surface area (Å²) < 4.78 is 1.66. The summed E-state index contributed by atoms with van der Waals surface area (Å²) in [6.45, 7) is 0.459. The van der Waals surface area contributed by atoms with E-state index in [0.29, 0.717) is 17.9 Å². The molecule has 0 aliphatic heterocycles. The highest BCUT2D eigenvalue weighted by atomic mass is 16.2. The largest absolute Gasteiger partial charge is 0.275 e. The molecule has 144 valence electrons. The monoisotopic (exact) mass is 386 g/mol. The maximum Gasteiger partial charge on any atom is 0.271 e. The number of hydrazone groups is 1. The van der Waals surface area contributed by atoms with Gasteiger partial charge in [0, 0.05) is 29.9 Å². The lowest BCUT2D eigenvalue weighted by Crippen LogP contribution is -2.17. The predicted molar refractivity (Wildman–Crippen MR) is 107 cm³/mol. The molecule has 1 N–H and O–H groups in total. The number of nitrogens with one attached hydrogen (secondary N) is 1. The first-order valence-electron chi connectivity index (χ1n) is 8.91. The van der Waals surface area contributed by atoms with Crippen molar-refractivity contribution in [1.29, 1.82) is 0 Å². The number of aromatic nitrogens is 6. The number of carbonyl (C=O) groups excluding carboxylic acids is 1. The van der Waals surface area contributed by atoms with Crippen LogP contribution < -0.4 is 5.43 Å². The average molecular weight is 386 g/mol. The molecule has 0 aliphatic rings. The molecule has 29 heavy (non-hydrogen) atoms. The number of rotatable bonds is 6. The molecule has 1 amide bonds. The van der Waals surface area contributed by atoms with E-state index in [2.05, 4.69) is 31.0 Å². The fourth-order valence-electron chi connectivity index (χ4n) is 2.67. The van der Waals surface area contributed by atoms with E-state index in [1.807, 2.05) is 49.5 Å². The molecule has 9 nitrogen and oxygen atoms in total. The summed E-state index contributed by atoms with van der Waals surface area (Å²) >= 11 is 0. The Morgan fingerprint density at radius 1 is 1.14 bits per heavy atom. The van der Waals surface area contributed by atoms with Crippen LogP contribution in [0, 0.1) is 0 Å². The number of amides is 1. The third-order valence-corrected chi connectivity index (χ3v) is 4.13. The van der Waals surface area contributed by atoms with Crippen molar-refractivity contribution in [1.82, 2.24) is 35.4 Å². The second kappa shape index (κ2) is 8.26. The van der Waals surface area contributed by atoms with Gasteiger partial charge in [0.05, 0.1) is 19.0 Å². The molecule has 0 saturated carbocycles. The van der Waals surface area contributed by atoms with Crippen molar-refractivity contribution >= 4 is 12.1 Å². The van der Waals surface area contributed by atoms with Crippen LogP contribution in [-0.4, -0.2) is 42.1 Å². The van der Waals surface area contributed by atoms with E-state index >= 15 is 0 Å². The lowest BCUT2D eigenvalue weighted by Gasteiger charge is -2.03. The fourth-order valence-corrected chi connectivity index (χ4v) is 2.67. The zero-order valence-corrected chi connectivity index (χ0v) is 15.7. The molecule has 0 radical (unpaired) electrons. The standard InChI is InChI=1S/C20H18N8O/c1-27-13-16(12-22-27)11-21-24-20(29)18-9-7-15(8-10-18)14-28-25-19(23-26-28)17-5-3-2-4-6-17/h2-13H,14H2,1H3,(H,24,29)/b21-11+. The number of carbonyl (C=O) groups is 1. The topological polar surface area (TPSA) is 103 Å². The van der Waals surface area contributed by atoms with Gasteiger partial charge in [0.2, 0.25) is 5.82 Å². The Labute approximate surface area is 166 Å². The van der Waals surface area contributed by atoms with Crippen molar-refractivity contribution in [2.45, 2.75) is 6.54 Å². The number of aryl methyl sites for hydroxylation is 1. The first-order valence-corrected chi connectivity index (χ1v) is 8.91. The second-order valence-electron chi connectivity index (χ2n) is 6.35. The fraction of sp³-hybridized carbons (Fsp3) is 0.100. The van der Waals surface area contributed by atoms with Crippen LogP contribution in [0.2, 0.25) is 0 Å². The molecule has 0 spiro atoms. The Morgan fingerprint density at radius 3 is 2.66 bits per heavy atom. The van der Waals surface area contributed by atoms with Crippen molar-refractivity contribution in [3.8, 4) is 11.4 Å². The maximum absolute atomic E-state index is 12.2. The summed E-state index contributed by atoms with van der Waals surface area (Å²) in [7, 11) is 1.81. The average Bonchev–Trinajstić information content (AvgIpc) is 3.38. The molecule has 2 heterocycles. The number of nitrogens with zero attached hydrogens (tertiary/aromatic N) is 7. The molecule has 0 aliphatic carbocycles. The van der Waals surface area contributed by atoms with E-state index in [1.54, 1.807) is 35.4 Å². The van der Waals surface area contributed by atoms with E-state index in [1.165, 1.54) is 4.80 Å². The molecule has 4 aromatic rings. The van der Waals surface area contributed by atoms with Gasteiger partial charge >= 0.3 is 0 Å². The van der Waals surface area contributed by atoms with Gasteiger partial charge in [-0.2, -0.15) is 15.0 Å². The van der Waals surface area contributed by atoms with Gasteiger partial charge in [0.25, 0.3) is 5.91 Å². The molecule has 2 aromatic heterocycles. The molecule has 0 atom stereocenters. The molecule has 0 saturated heterocycles. The summed E-state index contributed by atoms with van der Waals surface area (Å²) in [6, 6.07) is 16.9. The Kier molecular flexibility index (Phi) is 5.19. The molecule has 4 rings (SSSR count). The van der Waals surface area contributed by atoms with Crippen molar-refractivity contribution in [3.05, 3.63) is 83.7 Å². The van der Waals surface area contributed by atoms with Crippen LogP contribution in [-0.2, 0) is 13.6 Å². The summed E-state index contributed by atoms with van der Waals surface area (Å²) in [5.74, 6) is 0.287. The Balaban J connectivity index is 1.36. The van der Waals surface area contributed by atoms with Crippen LogP contribution in [0.15, 0.2) is 72.1 Å². The van der Waals surface area contributed by atoms with E-state index in [4.69, 9.17) is 0 Å². The highest BCUT2D eigenvalue weighted by molar-refractivity contribution is 5.94. The third kappa shape index (κ3) is 4.59. The van der Waals surface area contributed by atoms with E-state index in [0.717, 1.165) is 16.7 Å². The molecular formula is C20H18N8O. The van der Waals surface area contributed by atoms with Crippen LogP contribution in [0.5, 0.6) is 0 Å². The smallest absolute Gasteiger partial charge is 0.271 e. The molecule has 0 bridgehead atoms. The van der Waals surface area contributed by atoms with Crippen LogP contribution in [0.4, 0.5) is 0 Å². The maximum atomic E-state index is 12.2. The SMILES string of the molecule is Cn1cc(/C=N/NC(=O)c2ccc(Cn3nnc(-c4ccccc4)n3)cc2)cn1. The first kappa shape index (κ1) is 18.2. The van der Waals surface area contributed by atoms with Gasteiger partial charge in [-0.3, -0.25) is 9.48 Å². The quantitative estimate of drug-likeness (QED) is 0.403. The molecular weight excluding hydrogens is 368 g/mol. The molecule has 9 heteroatoms. The minimum absolute atomic E-state index is 0.290. The van der Waals surface area contributed by atoms with Gasteiger partial charge in [-0.15, -0.1) is 10.2 Å². The zero-order valence-electron chi connectivity index (χ0n) is 15.7. The van der Waals surface area contributed by atoms with Crippen LogP contribution >= 0.6 is 0 Å². The van der Waals surface area contributed by atoms with Crippen LogP contribution in [0.3, 0.4) is 0 Å². The zero-order chi connectivity index (χ0) is 20.1. The summed E-state index contributed by atoms with van der Waals surface area (Å²) in [5, 5.41) is 20.5. The van der Waals surface area contributed by atoms with Gasteiger partial charge < -0.3 is 0 Å². The van der Waals surface area contributed by atoms with Gasteiger partial charge in [-0.1, -0.05) is 42.5 Å². The molecule has 0 unspecified atom stereocenters. The molecule has 2 aromatic carbocycles. The minimum atomic E-state index is -0.290. The highest BCUT2D eigenvalue weighted by Crippen LogP contribution is 2.12. The van der Waals surface area contributed by atoms with Crippen molar-refractivity contribution in [2.24, 2.45) is 12.1 Å². The summed E-state index contributed by atoms with van der Waals surface area (Å²) in [4.78, 5) is 13.7. The van der Waals surface area contributed by atoms with Gasteiger partial charge in [0.1, 0.15) is 0 Å². The highest BCUT2D eigenvalue weighted by Gasteiger charge is 2.07. The van der Waals surface area contributed by atoms with E-state index < -0.39 is 0 Å². The number of hydrogen-bond donors (Lipinski definition) is 1. The first-order chi connectivity index (χ1) is 14.2. The Morgan fingerprint density at radius 2 is 1.93 bits per heavy atom. The van der Waals surface area contributed by atoms with Crippen molar-refractivity contribution in [3.63, 3.8) is 0 Å². The Hall–Kier alpha value is -4.14. The van der Waals surface area contributed by atoms with E-state index in [9.17, 15) is 4.79 Å². The van der Waals surface area contributed by atoms with Crippen molar-refractivity contribution < 1.29 is 4.79 Å². The number of benzene rings is 2. The number of hydrogen-bond acceptors (Lipinski definition) is 6. The Bertz CT molecular complexity index is 1130. The lowest BCUT2D eigenvalue weighted by molar-refractivity contribution is 0.0955. The van der Waals surface area contributed by atoms with Crippen LogP contribution in [0.1, 0.15) is 21.5 Å². The molecule has 0 fully saturated rings. The van der Waals surface area contributed by atoms with Crippen LogP contribution in [0.25, 0.3) is 11.4 Å². The minimum Gasteiger partial charge on any atom is -0.275 e. The normalized spacial score (nSPS) is 11.1. The third-order valence-electron chi connectivity index (χ3n) is 4.13. The lowest BCUT2D eigenvalue weighted by atomic mass is 10.1. The summed E-state index contributed by atoms with van der Waals surface area (Å²) in [6.07, 6.45) is 5.00. The summed E-state index contributed by atoms with van der Waals surface area (Å²) in [5.41, 5.74) is 5.68. The number of tetrazole rings is 1. The van der Waals surface area contributed by atoms with Gasteiger partial charge in [-0.05, 0) is 22.9 Å². The predicted octanol–water partition coefficient (Wildman–Crippen LogP) is 1.89. The second-order valence-corrected chi connectivity index (χ2v) is 6.35. The van der Waals surface area contributed by atoms with Gasteiger partial charge in [0.15, 0.2) is 0 Å². The van der Waals surface area contributed by atoms with E-state index in [-0.39, 0.29) is 5.91 Å².